The Hall–Kier alpha value is -2.23. The largest absolute Gasteiger partial charge is 0.507 e. The van der Waals surface area contributed by atoms with E-state index in [-0.39, 0.29) is 28.9 Å². The monoisotopic (exact) mass is 372 g/mol. The number of carbonyl (C=O) groups is 1. The van der Waals surface area contributed by atoms with Gasteiger partial charge in [0.1, 0.15) is 17.1 Å². The third kappa shape index (κ3) is 4.55. The average Bonchev–Trinajstić information content (AvgIpc) is 2.61. The van der Waals surface area contributed by atoms with Crippen LogP contribution in [0.3, 0.4) is 0 Å². The normalized spacial score (nSPS) is 19.5. The Labute approximate surface area is 162 Å². The number of unbranched alkanes of at least 4 members (excludes halogenated alkanes) is 2. The zero-order valence-electron chi connectivity index (χ0n) is 17.0. The summed E-state index contributed by atoms with van der Waals surface area (Å²) in [5, 5.41) is 21.2. The summed E-state index contributed by atoms with van der Waals surface area (Å²) in [7, 11) is 1.31. The molecular formula is C23H32O4. The van der Waals surface area contributed by atoms with Crippen LogP contribution in [0.5, 0.6) is 11.5 Å². The fourth-order valence-corrected chi connectivity index (χ4v) is 4.14. The number of ether oxygens (including phenoxy) is 1. The molecule has 4 heteroatoms. The highest BCUT2D eigenvalue weighted by Gasteiger charge is 2.33. The molecule has 2 atom stereocenters. The van der Waals surface area contributed by atoms with Gasteiger partial charge < -0.3 is 14.9 Å². The maximum Gasteiger partial charge on any atom is 0.341 e. The summed E-state index contributed by atoms with van der Waals surface area (Å²) in [4.78, 5) is 12.4. The first-order chi connectivity index (χ1) is 12.8. The molecule has 0 aliphatic heterocycles. The first kappa shape index (κ1) is 21.1. The molecule has 0 saturated carbocycles. The van der Waals surface area contributed by atoms with Gasteiger partial charge in [0.15, 0.2) is 0 Å². The summed E-state index contributed by atoms with van der Waals surface area (Å²) in [6.07, 6.45) is 7.70. The number of methoxy groups -OCH3 is 1. The first-order valence-corrected chi connectivity index (χ1v) is 9.80. The van der Waals surface area contributed by atoms with Crippen LogP contribution in [0.15, 0.2) is 29.9 Å². The molecule has 0 radical (unpaired) electrons. The predicted octanol–water partition coefficient (Wildman–Crippen LogP) is 5.63. The third-order valence-corrected chi connectivity index (χ3v) is 5.57. The van der Waals surface area contributed by atoms with Crippen molar-refractivity contribution in [1.29, 1.82) is 0 Å². The molecule has 2 N–H and O–H groups in total. The van der Waals surface area contributed by atoms with E-state index in [4.69, 9.17) is 4.74 Å². The molecule has 0 spiro atoms. The van der Waals surface area contributed by atoms with Crippen LogP contribution >= 0.6 is 0 Å². The summed E-state index contributed by atoms with van der Waals surface area (Å²) in [6.45, 7) is 10.4. The number of aromatic hydroxyl groups is 2. The van der Waals surface area contributed by atoms with E-state index in [1.807, 2.05) is 6.92 Å². The SMILES string of the molecule is C=C(C)[C@H]1CCC(C)=C[C@@H]1c1c(O)cc(O)c(C(=O)OC)c1CCCCC. The van der Waals surface area contributed by atoms with Gasteiger partial charge in [-0.3, -0.25) is 0 Å². The molecule has 0 saturated heterocycles. The Morgan fingerprint density at radius 1 is 1.30 bits per heavy atom. The molecule has 0 amide bonds. The molecule has 4 nitrogen and oxygen atoms in total. The summed E-state index contributed by atoms with van der Waals surface area (Å²) in [5.41, 5.74) is 3.95. The lowest BCUT2D eigenvalue weighted by molar-refractivity contribution is 0.0596. The number of benzene rings is 1. The summed E-state index contributed by atoms with van der Waals surface area (Å²) in [6, 6.07) is 1.28. The van der Waals surface area contributed by atoms with Crippen molar-refractivity contribution < 1.29 is 19.7 Å². The number of phenols is 2. The van der Waals surface area contributed by atoms with Crippen molar-refractivity contribution in [3.8, 4) is 11.5 Å². The Bertz CT molecular complexity index is 745. The van der Waals surface area contributed by atoms with Crippen molar-refractivity contribution in [3.63, 3.8) is 0 Å². The molecule has 0 aromatic heterocycles. The number of esters is 1. The van der Waals surface area contributed by atoms with Crippen molar-refractivity contribution >= 4 is 5.97 Å². The van der Waals surface area contributed by atoms with Gasteiger partial charge in [-0.05, 0) is 51.0 Å². The van der Waals surface area contributed by atoms with Crippen LogP contribution in [-0.2, 0) is 11.2 Å². The maximum atomic E-state index is 12.4. The van der Waals surface area contributed by atoms with E-state index < -0.39 is 5.97 Å². The summed E-state index contributed by atoms with van der Waals surface area (Å²) >= 11 is 0. The van der Waals surface area contributed by atoms with Crippen LogP contribution < -0.4 is 0 Å². The van der Waals surface area contributed by atoms with E-state index in [2.05, 4.69) is 26.5 Å². The number of rotatable bonds is 7. The highest BCUT2D eigenvalue weighted by atomic mass is 16.5. The molecule has 0 bridgehead atoms. The van der Waals surface area contributed by atoms with E-state index in [0.717, 1.165) is 43.2 Å². The molecule has 0 heterocycles. The van der Waals surface area contributed by atoms with E-state index in [1.165, 1.54) is 18.7 Å². The molecule has 0 unspecified atom stereocenters. The van der Waals surface area contributed by atoms with E-state index in [1.54, 1.807) is 0 Å². The van der Waals surface area contributed by atoms with Crippen LogP contribution in [0.2, 0.25) is 0 Å². The quantitative estimate of drug-likeness (QED) is 0.370. The maximum absolute atomic E-state index is 12.4. The Kier molecular flexibility index (Phi) is 7.11. The van der Waals surface area contributed by atoms with E-state index >= 15 is 0 Å². The molecule has 1 aliphatic rings. The second-order valence-corrected chi connectivity index (χ2v) is 7.66. The van der Waals surface area contributed by atoms with Gasteiger partial charge in [-0.15, -0.1) is 0 Å². The van der Waals surface area contributed by atoms with E-state index in [0.29, 0.717) is 12.0 Å². The lowest BCUT2D eigenvalue weighted by atomic mass is 9.72. The standard InChI is InChI=1S/C23H32O4/c1-6-7-8-9-17-21(18-12-15(4)10-11-16(18)14(2)3)19(24)13-20(25)22(17)23(26)27-5/h12-13,16,18,24-25H,2,6-11H2,1,3-5H3/t16-,18+/m1/s1. The van der Waals surface area contributed by atoms with Crippen LogP contribution in [0, 0.1) is 5.92 Å². The first-order valence-electron chi connectivity index (χ1n) is 9.80. The average molecular weight is 373 g/mol. The Morgan fingerprint density at radius 3 is 2.59 bits per heavy atom. The predicted molar refractivity (Wildman–Crippen MR) is 108 cm³/mol. The van der Waals surface area contributed by atoms with Gasteiger partial charge in [0, 0.05) is 17.5 Å². The van der Waals surface area contributed by atoms with Gasteiger partial charge in [-0.25, -0.2) is 4.79 Å². The number of phenolic OH excluding ortho intramolecular Hbond substituents is 2. The van der Waals surface area contributed by atoms with Crippen LogP contribution in [0.4, 0.5) is 0 Å². The zero-order chi connectivity index (χ0) is 20.1. The fourth-order valence-electron chi connectivity index (χ4n) is 4.14. The van der Waals surface area contributed by atoms with Gasteiger partial charge >= 0.3 is 5.97 Å². The molecular weight excluding hydrogens is 340 g/mol. The van der Waals surface area contributed by atoms with Gasteiger partial charge in [0.25, 0.3) is 0 Å². The van der Waals surface area contributed by atoms with E-state index in [9.17, 15) is 15.0 Å². The van der Waals surface area contributed by atoms with Gasteiger partial charge in [-0.2, -0.15) is 0 Å². The minimum Gasteiger partial charge on any atom is -0.507 e. The number of hydrogen-bond donors (Lipinski definition) is 2. The van der Waals surface area contributed by atoms with Crippen LogP contribution in [0.1, 0.15) is 80.3 Å². The minimum atomic E-state index is -0.566. The Morgan fingerprint density at radius 2 is 2.00 bits per heavy atom. The van der Waals surface area contributed by atoms with Gasteiger partial charge in [0.2, 0.25) is 0 Å². The van der Waals surface area contributed by atoms with Crippen molar-refractivity contribution in [2.24, 2.45) is 5.92 Å². The smallest absolute Gasteiger partial charge is 0.341 e. The topological polar surface area (TPSA) is 66.8 Å². The molecule has 1 aromatic rings. The van der Waals surface area contributed by atoms with Crippen molar-refractivity contribution in [1.82, 2.24) is 0 Å². The van der Waals surface area contributed by atoms with Crippen molar-refractivity contribution in [2.75, 3.05) is 7.11 Å². The second-order valence-electron chi connectivity index (χ2n) is 7.66. The van der Waals surface area contributed by atoms with Crippen LogP contribution in [0.25, 0.3) is 0 Å². The minimum absolute atomic E-state index is 0.0360. The fraction of sp³-hybridized carbons (Fsp3) is 0.522. The summed E-state index contributed by atoms with van der Waals surface area (Å²) in [5.74, 6) is -0.619. The number of carbonyl (C=O) groups excluding carboxylic acids is 1. The number of allylic oxidation sites excluding steroid dienone is 3. The molecule has 1 aliphatic carbocycles. The highest BCUT2D eigenvalue weighted by molar-refractivity contribution is 5.95. The lowest BCUT2D eigenvalue weighted by Crippen LogP contribution is -2.20. The molecule has 2 rings (SSSR count). The van der Waals surface area contributed by atoms with Gasteiger partial charge in [0.05, 0.1) is 7.11 Å². The zero-order valence-corrected chi connectivity index (χ0v) is 17.0. The molecule has 148 valence electrons. The molecule has 1 aromatic carbocycles. The lowest BCUT2D eigenvalue weighted by Gasteiger charge is -2.33. The molecule has 0 fully saturated rings. The van der Waals surface area contributed by atoms with Gasteiger partial charge in [-0.1, -0.05) is 43.6 Å². The number of hydrogen-bond acceptors (Lipinski definition) is 4. The van der Waals surface area contributed by atoms with Crippen molar-refractivity contribution in [2.45, 2.75) is 65.2 Å². The third-order valence-electron chi connectivity index (χ3n) is 5.57. The van der Waals surface area contributed by atoms with Crippen molar-refractivity contribution in [3.05, 3.63) is 46.6 Å². The van der Waals surface area contributed by atoms with Crippen LogP contribution in [-0.4, -0.2) is 23.3 Å². The Balaban J connectivity index is 2.70. The summed E-state index contributed by atoms with van der Waals surface area (Å²) < 4.78 is 4.93. The molecule has 27 heavy (non-hydrogen) atoms. The second kappa shape index (κ2) is 9.12. The highest BCUT2D eigenvalue weighted by Crippen LogP contribution is 2.47.